The van der Waals surface area contributed by atoms with Crippen LogP contribution in [-0.4, -0.2) is 17.9 Å². The van der Waals surface area contributed by atoms with Crippen LogP contribution in [0.1, 0.15) is 22.8 Å². The van der Waals surface area contributed by atoms with Gasteiger partial charge >= 0.3 is 0 Å². The topological polar surface area (TPSA) is 67.4 Å². The summed E-state index contributed by atoms with van der Waals surface area (Å²) >= 11 is 3.39. The summed E-state index contributed by atoms with van der Waals surface area (Å²) in [5, 5.41) is 0. The fourth-order valence-corrected chi connectivity index (χ4v) is 3.02. The van der Waals surface area contributed by atoms with E-state index in [4.69, 9.17) is 4.74 Å². The molecule has 1 unspecified atom stereocenters. The standard InChI is InChI=1S/C23H21BrN2O3/c1-15-8-9-19(14-21(15)24)23(28)26-25-22(27)16(2)29-20-12-10-18(11-13-20)17-6-4-3-5-7-17/h3-14,16H,1-2H3,(H,25,27)(H,26,28). The van der Waals surface area contributed by atoms with Crippen LogP contribution in [0, 0.1) is 6.92 Å². The first-order valence-electron chi connectivity index (χ1n) is 9.12. The average molecular weight is 453 g/mol. The third-order valence-electron chi connectivity index (χ3n) is 4.38. The van der Waals surface area contributed by atoms with Crippen LogP contribution in [0.3, 0.4) is 0 Å². The van der Waals surface area contributed by atoms with E-state index < -0.39 is 17.9 Å². The number of carbonyl (C=O) groups excluding carboxylic acids is 2. The van der Waals surface area contributed by atoms with E-state index in [1.54, 1.807) is 19.1 Å². The Balaban J connectivity index is 1.53. The molecule has 3 aromatic rings. The van der Waals surface area contributed by atoms with Crippen molar-refractivity contribution in [3.63, 3.8) is 0 Å². The Morgan fingerprint density at radius 1 is 0.897 bits per heavy atom. The van der Waals surface area contributed by atoms with Crippen LogP contribution >= 0.6 is 15.9 Å². The second-order valence-corrected chi connectivity index (χ2v) is 7.41. The Morgan fingerprint density at radius 3 is 2.21 bits per heavy atom. The van der Waals surface area contributed by atoms with E-state index in [9.17, 15) is 9.59 Å². The van der Waals surface area contributed by atoms with Gasteiger partial charge in [-0.3, -0.25) is 20.4 Å². The van der Waals surface area contributed by atoms with Gasteiger partial charge in [0.15, 0.2) is 6.10 Å². The lowest BCUT2D eigenvalue weighted by atomic mass is 10.1. The number of ether oxygens (including phenoxy) is 1. The summed E-state index contributed by atoms with van der Waals surface area (Å²) in [5.74, 6) is -0.281. The molecule has 0 bridgehead atoms. The second kappa shape index (κ2) is 9.39. The van der Waals surface area contributed by atoms with Gasteiger partial charge in [-0.2, -0.15) is 0 Å². The molecule has 3 aromatic carbocycles. The summed E-state index contributed by atoms with van der Waals surface area (Å²) in [5.41, 5.74) is 8.42. The number of amides is 2. The molecule has 0 aliphatic carbocycles. The van der Waals surface area contributed by atoms with E-state index >= 15 is 0 Å². The Hall–Kier alpha value is -3.12. The van der Waals surface area contributed by atoms with E-state index in [0.29, 0.717) is 11.3 Å². The summed E-state index contributed by atoms with van der Waals surface area (Å²) in [6.45, 7) is 3.55. The molecule has 5 nitrogen and oxygen atoms in total. The maximum absolute atomic E-state index is 12.2. The highest BCUT2D eigenvalue weighted by molar-refractivity contribution is 9.10. The van der Waals surface area contributed by atoms with Crippen LogP contribution in [0.2, 0.25) is 0 Å². The normalized spacial score (nSPS) is 11.4. The summed E-state index contributed by atoms with van der Waals surface area (Å²) < 4.78 is 6.50. The van der Waals surface area contributed by atoms with Crippen molar-refractivity contribution < 1.29 is 14.3 Å². The maximum atomic E-state index is 12.2. The highest BCUT2D eigenvalue weighted by atomic mass is 79.9. The first-order valence-corrected chi connectivity index (χ1v) is 9.92. The van der Waals surface area contributed by atoms with E-state index in [0.717, 1.165) is 21.2 Å². The van der Waals surface area contributed by atoms with Gasteiger partial charge in [-0.15, -0.1) is 0 Å². The first-order chi connectivity index (χ1) is 13.9. The van der Waals surface area contributed by atoms with Gasteiger partial charge in [0, 0.05) is 10.0 Å². The molecular weight excluding hydrogens is 432 g/mol. The number of aryl methyl sites for hydroxylation is 1. The molecular formula is C23H21BrN2O3. The number of rotatable bonds is 5. The van der Waals surface area contributed by atoms with Gasteiger partial charge in [-0.25, -0.2) is 0 Å². The highest BCUT2D eigenvalue weighted by Gasteiger charge is 2.16. The van der Waals surface area contributed by atoms with Crippen LogP contribution in [0.25, 0.3) is 11.1 Å². The molecule has 2 N–H and O–H groups in total. The molecule has 0 heterocycles. The number of nitrogens with one attached hydrogen (secondary N) is 2. The van der Waals surface area contributed by atoms with E-state index in [1.165, 1.54) is 0 Å². The Labute approximate surface area is 178 Å². The predicted octanol–water partition coefficient (Wildman–Crippen LogP) is 4.65. The molecule has 148 valence electrons. The molecule has 1 atom stereocenters. The summed E-state index contributed by atoms with van der Waals surface area (Å²) in [4.78, 5) is 24.4. The van der Waals surface area contributed by atoms with Crippen molar-refractivity contribution in [1.82, 2.24) is 10.9 Å². The highest BCUT2D eigenvalue weighted by Crippen LogP contribution is 2.22. The van der Waals surface area contributed by atoms with E-state index in [-0.39, 0.29) is 0 Å². The van der Waals surface area contributed by atoms with E-state index in [1.807, 2.05) is 67.6 Å². The number of hydrogen-bond acceptors (Lipinski definition) is 3. The van der Waals surface area contributed by atoms with Gasteiger partial charge in [0.05, 0.1) is 0 Å². The average Bonchev–Trinajstić information content (AvgIpc) is 2.74. The molecule has 6 heteroatoms. The molecule has 0 saturated carbocycles. The zero-order chi connectivity index (χ0) is 20.8. The largest absolute Gasteiger partial charge is 0.481 e. The SMILES string of the molecule is Cc1ccc(C(=O)NNC(=O)C(C)Oc2ccc(-c3ccccc3)cc2)cc1Br. The molecule has 0 radical (unpaired) electrons. The van der Waals surface area contributed by atoms with Gasteiger partial charge in [0.25, 0.3) is 11.8 Å². The van der Waals surface area contributed by atoms with Crippen molar-refractivity contribution in [2.24, 2.45) is 0 Å². The zero-order valence-corrected chi connectivity index (χ0v) is 17.7. The lowest BCUT2D eigenvalue weighted by Gasteiger charge is -2.15. The smallest absolute Gasteiger partial charge is 0.279 e. The lowest BCUT2D eigenvalue weighted by Crippen LogP contribution is -2.47. The van der Waals surface area contributed by atoms with Gasteiger partial charge in [0.1, 0.15) is 5.75 Å². The number of halogens is 1. The number of benzene rings is 3. The Kier molecular flexibility index (Phi) is 6.67. The second-order valence-electron chi connectivity index (χ2n) is 6.56. The molecule has 0 aromatic heterocycles. The van der Waals surface area contributed by atoms with Gasteiger partial charge in [-0.1, -0.05) is 64.5 Å². The molecule has 29 heavy (non-hydrogen) atoms. The van der Waals surface area contributed by atoms with Gasteiger partial charge in [0.2, 0.25) is 0 Å². The van der Waals surface area contributed by atoms with Crippen molar-refractivity contribution in [3.8, 4) is 16.9 Å². The molecule has 0 spiro atoms. The van der Waals surface area contributed by atoms with Crippen LogP contribution in [0.5, 0.6) is 5.75 Å². The Bertz CT molecular complexity index is 1000. The van der Waals surface area contributed by atoms with Gasteiger partial charge in [-0.05, 0) is 54.8 Å². The van der Waals surface area contributed by atoms with Crippen molar-refractivity contribution in [1.29, 1.82) is 0 Å². The molecule has 2 amide bonds. The quantitative estimate of drug-likeness (QED) is 0.553. The molecule has 3 rings (SSSR count). The fraction of sp³-hybridized carbons (Fsp3) is 0.130. The summed E-state index contributed by atoms with van der Waals surface area (Å²) in [6.07, 6.45) is -0.775. The third-order valence-corrected chi connectivity index (χ3v) is 5.23. The molecule has 0 aliphatic rings. The van der Waals surface area contributed by atoms with Crippen LogP contribution < -0.4 is 15.6 Å². The summed E-state index contributed by atoms with van der Waals surface area (Å²) in [6, 6.07) is 22.7. The fourth-order valence-electron chi connectivity index (χ4n) is 2.64. The monoisotopic (exact) mass is 452 g/mol. The molecule has 0 fully saturated rings. The Morgan fingerprint density at radius 2 is 1.55 bits per heavy atom. The first kappa shape index (κ1) is 20.6. The molecule has 0 saturated heterocycles. The predicted molar refractivity (Wildman–Crippen MR) is 116 cm³/mol. The minimum absolute atomic E-state index is 0.404. The summed E-state index contributed by atoms with van der Waals surface area (Å²) in [7, 11) is 0. The van der Waals surface area contributed by atoms with Crippen LogP contribution in [0.4, 0.5) is 0 Å². The zero-order valence-electron chi connectivity index (χ0n) is 16.1. The number of carbonyl (C=O) groups is 2. The van der Waals surface area contributed by atoms with Gasteiger partial charge < -0.3 is 4.74 Å². The van der Waals surface area contributed by atoms with Crippen molar-refractivity contribution >= 4 is 27.7 Å². The van der Waals surface area contributed by atoms with Crippen LogP contribution in [-0.2, 0) is 4.79 Å². The van der Waals surface area contributed by atoms with Crippen molar-refractivity contribution in [2.45, 2.75) is 20.0 Å². The lowest BCUT2D eigenvalue weighted by molar-refractivity contribution is -0.128. The minimum Gasteiger partial charge on any atom is -0.481 e. The van der Waals surface area contributed by atoms with E-state index in [2.05, 4.69) is 26.8 Å². The third kappa shape index (κ3) is 5.45. The minimum atomic E-state index is -0.775. The van der Waals surface area contributed by atoms with Crippen molar-refractivity contribution in [2.75, 3.05) is 0 Å². The maximum Gasteiger partial charge on any atom is 0.279 e. The number of hydrogen-bond donors (Lipinski definition) is 2. The number of hydrazine groups is 1. The van der Waals surface area contributed by atoms with Crippen molar-refractivity contribution in [3.05, 3.63) is 88.4 Å². The molecule has 0 aliphatic heterocycles. The van der Waals surface area contributed by atoms with Crippen LogP contribution in [0.15, 0.2) is 77.3 Å².